The molecule has 0 N–H and O–H groups in total. The lowest BCUT2D eigenvalue weighted by Crippen LogP contribution is -2.03. The van der Waals surface area contributed by atoms with E-state index in [1.54, 1.807) is 20.4 Å². The Morgan fingerprint density at radius 1 is 1.05 bits per heavy atom. The molecule has 0 aliphatic heterocycles. The molecule has 5 nitrogen and oxygen atoms in total. The normalized spacial score (nSPS) is 11.5. The van der Waals surface area contributed by atoms with Crippen LogP contribution in [0.4, 0.5) is 0 Å². The van der Waals surface area contributed by atoms with Crippen molar-refractivity contribution in [3.63, 3.8) is 0 Å². The molecule has 0 amide bonds. The number of aromatic nitrogens is 3. The van der Waals surface area contributed by atoms with Gasteiger partial charge in [-0.1, -0.05) is 13.8 Å². The number of hydrogen-bond donors (Lipinski definition) is 0. The van der Waals surface area contributed by atoms with Crippen LogP contribution in [0.15, 0.2) is 24.7 Å². The van der Waals surface area contributed by atoms with Gasteiger partial charge in [0, 0.05) is 18.0 Å². The van der Waals surface area contributed by atoms with Crippen LogP contribution >= 0.6 is 0 Å². The third kappa shape index (κ3) is 2.28. The van der Waals surface area contributed by atoms with Gasteiger partial charge in [0.15, 0.2) is 11.5 Å². The minimum atomic E-state index is 0.547. The molecular weight excluding hydrogens is 266 g/mol. The van der Waals surface area contributed by atoms with Crippen LogP contribution in [0.2, 0.25) is 0 Å². The van der Waals surface area contributed by atoms with Gasteiger partial charge in [0.2, 0.25) is 0 Å². The topological polar surface area (TPSA) is 49.2 Å². The highest BCUT2D eigenvalue weighted by Gasteiger charge is 2.13. The summed E-state index contributed by atoms with van der Waals surface area (Å²) in [5, 5.41) is 1.03. The first-order valence-electron chi connectivity index (χ1n) is 6.99. The molecular formula is C16H19N3O2. The Balaban J connectivity index is 2.32. The first-order valence-corrected chi connectivity index (χ1v) is 6.99. The Labute approximate surface area is 123 Å². The minimum Gasteiger partial charge on any atom is -0.493 e. The van der Waals surface area contributed by atoms with Gasteiger partial charge in [-0.15, -0.1) is 0 Å². The van der Waals surface area contributed by atoms with Crippen LogP contribution in [0.3, 0.4) is 0 Å². The molecule has 1 aromatic carbocycles. The van der Waals surface area contributed by atoms with Gasteiger partial charge in [-0.3, -0.25) is 4.98 Å². The molecule has 0 radical (unpaired) electrons. The Bertz CT molecular complexity index is 793. The Morgan fingerprint density at radius 2 is 1.76 bits per heavy atom. The molecule has 0 unspecified atom stereocenters. The van der Waals surface area contributed by atoms with Crippen molar-refractivity contribution in [2.45, 2.75) is 20.4 Å². The lowest BCUT2D eigenvalue weighted by Gasteiger charge is -2.12. The van der Waals surface area contributed by atoms with Crippen molar-refractivity contribution in [2.24, 2.45) is 5.92 Å². The van der Waals surface area contributed by atoms with E-state index in [2.05, 4.69) is 28.4 Å². The molecule has 0 atom stereocenters. The molecule has 2 heterocycles. The van der Waals surface area contributed by atoms with Crippen LogP contribution in [0.5, 0.6) is 11.5 Å². The summed E-state index contributed by atoms with van der Waals surface area (Å²) in [4.78, 5) is 8.92. The second-order valence-corrected chi connectivity index (χ2v) is 5.51. The highest BCUT2D eigenvalue weighted by Crippen LogP contribution is 2.34. The van der Waals surface area contributed by atoms with Crippen molar-refractivity contribution in [1.82, 2.24) is 14.5 Å². The van der Waals surface area contributed by atoms with Gasteiger partial charge in [-0.25, -0.2) is 4.98 Å². The molecule has 0 bridgehead atoms. The third-order valence-electron chi connectivity index (χ3n) is 3.51. The van der Waals surface area contributed by atoms with Crippen molar-refractivity contribution in [3.05, 3.63) is 24.7 Å². The van der Waals surface area contributed by atoms with E-state index in [9.17, 15) is 0 Å². The molecule has 5 heteroatoms. The van der Waals surface area contributed by atoms with E-state index in [-0.39, 0.29) is 0 Å². The zero-order valence-electron chi connectivity index (χ0n) is 12.8. The predicted octanol–water partition coefficient (Wildman–Crippen LogP) is 3.26. The maximum Gasteiger partial charge on any atom is 0.162 e. The van der Waals surface area contributed by atoms with Crippen molar-refractivity contribution < 1.29 is 9.47 Å². The third-order valence-corrected chi connectivity index (χ3v) is 3.51. The van der Waals surface area contributed by atoms with Crippen molar-refractivity contribution in [2.75, 3.05) is 14.2 Å². The van der Waals surface area contributed by atoms with E-state index in [0.29, 0.717) is 17.4 Å². The van der Waals surface area contributed by atoms with Gasteiger partial charge in [-0.05, 0) is 12.0 Å². The molecule has 110 valence electrons. The summed E-state index contributed by atoms with van der Waals surface area (Å²) in [7, 11) is 3.27. The molecule has 0 fully saturated rings. The lowest BCUT2D eigenvalue weighted by molar-refractivity contribution is 0.356. The zero-order chi connectivity index (χ0) is 15.0. The summed E-state index contributed by atoms with van der Waals surface area (Å²) in [5.74, 6) is 1.94. The number of ether oxygens (including phenoxy) is 2. The summed E-state index contributed by atoms with van der Waals surface area (Å²) >= 11 is 0. The van der Waals surface area contributed by atoms with E-state index in [1.807, 2.05) is 18.5 Å². The minimum absolute atomic E-state index is 0.547. The van der Waals surface area contributed by atoms with Crippen LogP contribution in [-0.2, 0) is 6.54 Å². The number of imidazole rings is 1. The average Bonchev–Trinajstić information content (AvgIpc) is 2.88. The quantitative estimate of drug-likeness (QED) is 0.738. The lowest BCUT2D eigenvalue weighted by atomic mass is 10.1. The van der Waals surface area contributed by atoms with Crippen LogP contribution in [-0.4, -0.2) is 28.8 Å². The van der Waals surface area contributed by atoms with E-state index >= 15 is 0 Å². The number of methoxy groups -OCH3 is 2. The maximum atomic E-state index is 5.41. The van der Waals surface area contributed by atoms with Crippen molar-refractivity contribution in [1.29, 1.82) is 0 Å². The zero-order valence-corrected chi connectivity index (χ0v) is 12.8. The Kier molecular flexibility index (Phi) is 3.41. The van der Waals surface area contributed by atoms with Gasteiger partial charge < -0.3 is 14.0 Å². The monoisotopic (exact) mass is 285 g/mol. The van der Waals surface area contributed by atoms with E-state index < -0.39 is 0 Å². The summed E-state index contributed by atoms with van der Waals surface area (Å²) < 4.78 is 12.9. The molecule has 0 saturated carbocycles. The molecule has 3 rings (SSSR count). The van der Waals surface area contributed by atoms with Crippen LogP contribution in [0.1, 0.15) is 13.8 Å². The molecule has 21 heavy (non-hydrogen) atoms. The van der Waals surface area contributed by atoms with Crippen molar-refractivity contribution >= 4 is 21.9 Å². The summed E-state index contributed by atoms with van der Waals surface area (Å²) in [6.07, 6.45) is 3.68. The van der Waals surface area contributed by atoms with Gasteiger partial charge in [0.25, 0.3) is 0 Å². The molecule has 0 aliphatic carbocycles. The van der Waals surface area contributed by atoms with Gasteiger partial charge in [-0.2, -0.15) is 0 Å². The van der Waals surface area contributed by atoms with Crippen LogP contribution in [0, 0.1) is 5.92 Å². The average molecular weight is 285 g/mol. The molecule has 2 aromatic heterocycles. The van der Waals surface area contributed by atoms with Crippen LogP contribution < -0.4 is 9.47 Å². The van der Waals surface area contributed by atoms with Crippen molar-refractivity contribution in [3.8, 4) is 11.5 Å². The summed E-state index contributed by atoms with van der Waals surface area (Å²) in [6, 6.07) is 3.88. The first-order chi connectivity index (χ1) is 10.1. The van der Waals surface area contributed by atoms with E-state index in [0.717, 1.165) is 28.5 Å². The first kappa shape index (κ1) is 13.7. The summed E-state index contributed by atoms with van der Waals surface area (Å²) in [6.45, 7) is 5.31. The van der Waals surface area contributed by atoms with Crippen LogP contribution in [0.25, 0.3) is 21.9 Å². The SMILES string of the molecule is COc1cc2ncc3ncn(CC(C)C)c3c2cc1OC. The number of hydrogen-bond acceptors (Lipinski definition) is 4. The maximum absolute atomic E-state index is 5.41. The number of fused-ring (bicyclic) bond motifs is 3. The second-order valence-electron chi connectivity index (χ2n) is 5.51. The Morgan fingerprint density at radius 3 is 2.43 bits per heavy atom. The van der Waals surface area contributed by atoms with Gasteiger partial charge >= 0.3 is 0 Å². The second kappa shape index (κ2) is 5.24. The number of pyridine rings is 1. The fourth-order valence-electron chi connectivity index (χ4n) is 2.61. The smallest absolute Gasteiger partial charge is 0.162 e. The predicted molar refractivity (Wildman–Crippen MR) is 83.0 cm³/mol. The number of benzene rings is 1. The standard InChI is InChI=1S/C16H19N3O2/c1-10(2)8-19-9-18-13-7-17-12-6-15(21-4)14(20-3)5-11(12)16(13)19/h5-7,9-10H,8H2,1-4H3. The van der Waals surface area contributed by atoms with E-state index in [4.69, 9.17) is 9.47 Å². The fourth-order valence-corrected chi connectivity index (χ4v) is 2.61. The largest absolute Gasteiger partial charge is 0.493 e. The summed E-state index contributed by atoms with van der Waals surface area (Å²) in [5.41, 5.74) is 2.87. The highest BCUT2D eigenvalue weighted by atomic mass is 16.5. The molecule has 0 aliphatic rings. The Hall–Kier alpha value is -2.30. The number of nitrogens with zero attached hydrogens (tertiary/aromatic N) is 3. The van der Waals surface area contributed by atoms with Gasteiger partial charge in [0.1, 0.15) is 5.52 Å². The fraction of sp³-hybridized carbons (Fsp3) is 0.375. The molecule has 0 spiro atoms. The number of rotatable bonds is 4. The molecule has 3 aromatic rings. The molecule has 0 saturated heterocycles. The van der Waals surface area contributed by atoms with E-state index in [1.165, 1.54) is 0 Å². The van der Waals surface area contributed by atoms with Gasteiger partial charge in [0.05, 0.1) is 37.8 Å². The highest BCUT2D eigenvalue weighted by molar-refractivity contribution is 6.03.